The Morgan fingerprint density at radius 1 is 1.19 bits per heavy atom. The van der Waals surface area contributed by atoms with Crippen LogP contribution in [0.5, 0.6) is 11.5 Å². The summed E-state index contributed by atoms with van der Waals surface area (Å²) < 4.78 is 25.3. The van der Waals surface area contributed by atoms with Crippen molar-refractivity contribution < 1.29 is 23.5 Å². The first kappa shape index (κ1) is 18.9. The van der Waals surface area contributed by atoms with Crippen LogP contribution in [0.4, 0.5) is 10.1 Å². The maximum atomic E-state index is 14.5. The number of methoxy groups -OCH3 is 1. The number of nitrogens with zero attached hydrogens (tertiary/aromatic N) is 1. The minimum absolute atomic E-state index is 0.0911. The zero-order valence-electron chi connectivity index (χ0n) is 15.7. The number of aryl methyl sites for hydroxylation is 2. The van der Waals surface area contributed by atoms with Crippen molar-refractivity contribution in [2.45, 2.75) is 26.7 Å². The van der Waals surface area contributed by atoms with Crippen LogP contribution in [0.2, 0.25) is 0 Å². The maximum absolute atomic E-state index is 14.5. The molecule has 2 aromatic rings. The van der Waals surface area contributed by atoms with Crippen LogP contribution in [0.15, 0.2) is 30.3 Å². The molecule has 1 aliphatic rings. The van der Waals surface area contributed by atoms with Crippen molar-refractivity contribution in [3.63, 3.8) is 0 Å². The van der Waals surface area contributed by atoms with Crippen LogP contribution in [0.3, 0.4) is 0 Å². The lowest BCUT2D eigenvalue weighted by Gasteiger charge is -2.30. The Morgan fingerprint density at radius 2 is 1.96 bits per heavy atom. The van der Waals surface area contributed by atoms with Gasteiger partial charge in [-0.1, -0.05) is 6.07 Å². The number of amides is 1. The van der Waals surface area contributed by atoms with E-state index in [2.05, 4.69) is 0 Å². The molecule has 0 fully saturated rings. The average Bonchev–Trinajstić information content (AvgIpc) is 2.65. The molecule has 0 atom stereocenters. The van der Waals surface area contributed by atoms with E-state index >= 15 is 0 Å². The van der Waals surface area contributed by atoms with E-state index in [-0.39, 0.29) is 24.1 Å². The molecule has 1 heterocycles. The third-order valence-electron chi connectivity index (χ3n) is 4.61. The molecule has 5 nitrogen and oxygen atoms in total. The van der Waals surface area contributed by atoms with E-state index < -0.39 is 0 Å². The third-order valence-corrected chi connectivity index (χ3v) is 4.61. The average molecular weight is 371 g/mol. The number of rotatable bonds is 5. The molecule has 0 radical (unpaired) electrons. The summed E-state index contributed by atoms with van der Waals surface area (Å²) in [6.07, 6.45) is 1.52. The largest absolute Gasteiger partial charge is 0.493 e. The topological polar surface area (TPSA) is 55.8 Å². The Morgan fingerprint density at radius 3 is 2.67 bits per heavy atom. The lowest BCUT2D eigenvalue weighted by molar-refractivity contribution is -0.120. The van der Waals surface area contributed by atoms with Crippen LogP contribution >= 0.6 is 0 Å². The van der Waals surface area contributed by atoms with Crippen molar-refractivity contribution in [3.8, 4) is 11.5 Å². The molecule has 0 aliphatic carbocycles. The van der Waals surface area contributed by atoms with Crippen LogP contribution in [-0.2, 0) is 11.2 Å². The predicted octanol–water partition coefficient (Wildman–Crippen LogP) is 3.70. The molecule has 0 bridgehead atoms. The van der Waals surface area contributed by atoms with Crippen molar-refractivity contribution in [2.24, 2.45) is 0 Å². The van der Waals surface area contributed by atoms with Crippen molar-refractivity contribution in [3.05, 3.63) is 52.8 Å². The summed E-state index contributed by atoms with van der Waals surface area (Å²) in [5.74, 6) is -0.0710. The van der Waals surface area contributed by atoms with Gasteiger partial charge in [-0.25, -0.2) is 4.39 Å². The van der Waals surface area contributed by atoms with Gasteiger partial charge in [-0.15, -0.1) is 0 Å². The van der Waals surface area contributed by atoms with Gasteiger partial charge in [0.2, 0.25) is 0 Å². The summed E-state index contributed by atoms with van der Waals surface area (Å²) in [6.45, 7) is 3.51. The zero-order valence-corrected chi connectivity index (χ0v) is 15.7. The number of ketones is 1. The number of fused-ring (bicyclic) bond motifs is 1. The summed E-state index contributed by atoms with van der Waals surface area (Å²) in [5, 5.41) is 0. The number of carbonyl (C=O) groups is 2. The van der Waals surface area contributed by atoms with Gasteiger partial charge in [0.25, 0.3) is 5.91 Å². The first-order chi connectivity index (χ1) is 12.9. The van der Waals surface area contributed by atoms with Gasteiger partial charge >= 0.3 is 0 Å². The smallest absolute Gasteiger partial charge is 0.265 e. The van der Waals surface area contributed by atoms with Gasteiger partial charge < -0.3 is 14.4 Å². The van der Waals surface area contributed by atoms with Gasteiger partial charge in [0, 0.05) is 12.1 Å². The van der Waals surface area contributed by atoms with E-state index in [0.717, 1.165) is 24.0 Å². The van der Waals surface area contributed by atoms with E-state index in [1.54, 1.807) is 18.2 Å². The third kappa shape index (κ3) is 3.94. The summed E-state index contributed by atoms with van der Waals surface area (Å²) >= 11 is 0. The molecule has 0 aromatic heterocycles. The van der Waals surface area contributed by atoms with Crippen LogP contribution in [0.1, 0.15) is 34.8 Å². The van der Waals surface area contributed by atoms with Gasteiger partial charge in [-0.05, 0) is 62.1 Å². The molecule has 0 saturated heterocycles. The summed E-state index contributed by atoms with van der Waals surface area (Å²) in [4.78, 5) is 25.6. The lowest BCUT2D eigenvalue weighted by Crippen LogP contribution is -2.39. The minimum atomic E-state index is -0.388. The number of hydrogen-bond donors (Lipinski definition) is 0. The fourth-order valence-corrected chi connectivity index (χ4v) is 3.31. The maximum Gasteiger partial charge on any atom is 0.265 e. The zero-order chi connectivity index (χ0) is 19.6. The Hall–Kier alpha value is -2.89. The first-order valence-electron chi connectivity index (χ1n) is 8.82. The molecule has 6 heteroatoms. The van der Waals surface area contributed by atoms with Crippen LogP contribution in [0, 0.1) is 12.7 Å². The highest BCUT2D eigenvalue weighted by Gasteiger charge is 2.26. The van der Waals surface area contributed by atoms with E-state index in [0.29, 0.717) is 29.3 Å². The van der Waals surface area contributed by atoms with Gasteiger partial charge in [0.1, 0.15) is 5.82 Å². The monoisotopic (exact) mass is 371 g/mol. The van der Waals surface area contributed by atoms with Crippen molar-refractivity contribution in [1.82, 2.24) is 0 Å². The van der Waals surface area contributed by atoms with Crippen molar-refractivity contribution in [1.29, 1.82) is 0 Å². The van der Waals surface area contributed by atoms with Gasteiger partial charge in [-0.2, -0.15) is 0 Å². The normalized spacial score (nSPS) is 13.1. The van der Waals surface area contributed by atoms with Crippen LogP contribution in [-0.4, -0.2) is 32.0 Å². The van der Waals surface area contributed by atoms with Gasteiger partial charge in [0.05, 0.1) is 12.8 Å². The number of anilines is 1. The molecule has 2 aromatic carbocycles. The lowest BCUT2D eigenvalue weighted by atomic mass is 9.99. The molecule has 142 valence electrons. The highest BCUT2D eigenvalue weighted by Crippen LogP contribution is 2.32. The number of Topliss-reactive ketones (excluding diaryl/α,β-unsaturated/α-hetero) is 1. The Kier molecular flexibility index (Phi) is 5.44. The predicted molar refractivity (Wildman–Crippen MR) is 100 cm³/mol. The second kappa shape index (κ2) is 7.78. The van der Waals surface area contributed by atoms with Gasteiger partial charge in [0.15, 0.2) is 23.9 Å². The molecule has 3 rings (SSSR count). The molecule has 27 heavy (non-hydrogen) atoms. The van der Waals surface area contributed by atoms with Crippen LogP contribution < -0.4 is 14.4 Å². The number of carbonyl (C=O) groups excluding carboxylic acids is 2. The Labute approximate surface area is 157 Å². The number of halogens is 1. The molecule has 0 unspecified atom stereocenters. The minimum Gasteiger partial charge on any atom is -0.493 e. The Bertz CT molecular complexity index is 894. The molecule has 0 saturated carbocycles. The Balaban J connectivity index is 1.77. The standard InChI is InChI=1S/C21H22FNO4/c1-13-9-16-5-4-8-23(21(16)17(22)10-13)20(25)12-27-18-7-6-15(14(2)24)11-19(18)26-3/h6-7,9-11H,4-5,8,12H2,1-3H3. The fourth-order valence-electron chi connectivity index (χ4n) is 3.31. The van der Waals surface area contributed by atoms with E-state index in [1.165, 1.54) is 25.0 Å². The molecule has 0 spiro atoms. The van der Waals surface area contributed by atoms with Crippen molar-refractivity contribution >= 4 is 17.4 Å². The quantitative estimate of drug-likeness (QED) is 0.752. The van der Waals surface area contributed by atoms with E-state index in [4.69, 9.17) is 9.47 Å². The fraction of sp³-hybridized carbons (Fsp3) is 0.333. The first-order valence-corrected chi connectivity index (χ1v) is 8.82. The second-order valence-electron chi connectivity index (χ2n) is 6.61. The number of ether oxygens (including phenoxy) is 2. The van der Waals surface area contributed by atoms with Crippen LogP contribution in [0.25, 0.3) is 0 Å². The van der Waals surface area contributed by atoms with Crippen molar-refractivity contribution in [2.75, 3.05) is 25.2 Å². The highest BCUT2D eigenvalue weighted by atomic mass is 19.1. The molecular formula is C21H22FNO4. The summed E-state index contributed by atoms with van der Waals surface area (Å²) in [7, 11) is 1.46. The molecular weight excluding hydrogens is 349 g/mol. The van der Waals surface area contributed by atoms with Gasteiger partial charge in [-0.3, -0.25) is 9.59 Å². The molecule has 1 amide bonds. The molecule has 0 N–H and O–H groups in total. The molecule has 1 aliphatic heterocycles. The highest BCUT2D eigenvalue weighted by molar-refractivity contribution is 5.96. The SMILES string of the molecule is COc1cc(C(C)=O)ccc1OCC(=O)N1CCCc2cc(C)cc(F)c21. The summed E-state index contributed by atoms with van der Waals surface area (Å²) in [5.41, 5.74) is 2.52. The number of hydrogen-bond acceptors (Lipinski definition) is 4. The van der Waals surface area contributed by atoms with E-state index in [9.17, 15) is 14.0 Å². The second-order valence-corrected chi connectivity index (χ2v) is 6.61. The summed E-state index contributed by atoms with van der Waals surface area (Å²) in [6, 6.07) is 8.14. The van der Waals surface area contributed by atoms with E-state index in [1.807, 2.05) is 13.0 Å². The number of benzene rings is 2.